The molecule has 3 amide bonds. The van der Waals surface area contributed by atoms with Crippen LogP contribution in [0.4, 0.5) is 0 Å². The number of carbonyl (C=O) groups excluding carboxylic acids is 4. The van der Waals surface area contributed by atoms with Crippen LogP contribution in [-0.4, -0.2) is 72.7 Å². The first-order valence-electron chi connectivity index (χ1n) is 10.2. The molecule has 0 spiro atoms. The van der Waals surface area contributed by atoms with Gasteiger partial charge in [0.05, 0.1) is 12.1 Å². The highest BCUT2D eigenvalue weighted by atomic mass is 32.2. The fourth-order valence-corrected chi connectivity index (χ4v) is 2.95. The van der Waals surface area contributed by atoms with E-state index in [4.69, 9.17) is 17.2 Å². The Morgan fingerprint density at radius 3 is 2.03 bits per heavy atom. The Morgan fingerprint density at radius 2 is 1.52 bits per heavy atom. The Kier molecular flexibility index (Phi) is 14.3. The molecule has 0 heterocycles. The molecule has 12 heteroatoms. The van der Waals surface area contributed by atoms with Crippen LogP contribution in [0.15, 0.2) is 4.99 Å². The van der Waals surface area contributed by atoms with Gasteiger partial charge in [-0.1, -0.05) is 13.8 Å². The van der Waals surface area contributed by atoms with Crippen molar-refractivity contribution in [3.63, 3.8) is 0 Å². The van der Waals surface area contributed by atoms with Crippen molar-refractivity contribution >= 4 is 41.7 Å². The molecule has 178 valence electrons. The summed E-state index contributed by atoms with van der Waals surface area (Å²) in [5.41, 5.74) is 16.5. The maximum Gasteiger partial charge on any atom is 0.243 e. The molecule has 0 aliphatic carbocycles. The van der Waals surface area contributed by atoms with Gasteiger partial charge in [0, 0.05) is 6.54 Å². The van der Waals surface area contributed by atoms with Crippen molar-refractivity contribution in [3.8, 4) is 0 Å². The standard InChI is InChI=1S/C19H37N7O4S/c1-11(2)15(20)18(30)26-13(6-5-8-23-19(21)22)17(29)25-14(7-9-31-4)16(28)24-12(3)10-27/h10-15H,5-9,20H2,1-4H3,(H,24,28)(H,25,29)(H,26,30)(H4,21,22,23)/t12-,13-,14-,15-/m0/s1. The average molecular weight is 460 g/mol. The summed E-state index contributed by atoms with van der Waals surface area (Å²) in [4.78, 5) is 52.5. The van der Waals surface area contributed by atoms with E-state index in [-0.39, 0.29) is 24.8 Å². The molecule has 0 saturated carbocycles. The summed E-state index contributed by atoms with van der Waals surface area (Å²) in [6.45, 7) is 5.42. The summed E-state index contributed by atoms with van der Waals surface area (Å²) in [5.74, 6) is -1.01. The van der Waals surface area contributed by atoms with Crippen LogP contribution in [0, 0.1) is 5.92 Å². The third-order valence-electron chi connectivity index (χ3n) is 4.42. The van der Waals surface area contributed by atoms with Crippen LogP contribution in [0.25, 0.3) is 0 Å². The van der Waals surface area contributed by atoms with Crippen LogP contribution in [0.1, 0.15) is 40.0 Å². The minimum Gasteiger partial charge on any atom is -0.370 e. The molecule has 0 aromatic heterocycles. The van der Waals surface area contributed by atoms with E-state index >= 15 is 0 Å². The molecule has 0 unspecified atom stereocenters. The molecule has 0 bridgehead atoms. The normalized spacial score (nSPS) is 14.6. The van der Waals surface area contributed by atoms with Gasteiger partial charge in [0.15, 0.2) is 5.96 Å². The van der Waals surface area contributed by atoms with Gasteiger partial charge < -0.3 is 37.9 Å². The number of nitrogens with two attached hydrogens (primary N) is 3. The van der Waals surface area contributed by atoms with Crippen LogP contribution >= 0.6 is 11.8 Å². The van der Waals surface area contributed by atoms with Gasteiger partial charge >= 0.3 is 0 Å². The quantitative estimate of drug-likeness (QED) is 0.0732. The molecule has 0 saturated heterocycles. The number of guanidine groups is 1. The first-order valence-corrected chi connectivity index (χ1v) is 11.6. The van der Waals surface area contributed by atoms with E-state index in [1.54, 1.807) is 20.8 Å². The molecule has 0 radical (unpaired) electrons. The van der Waals surface area contributed by atoms with Gasteiger partial charge in [0.2, 0.25) is 17.7 Å². The number of hydrogen-bond donors (Lipinski definition) is 6. The summed E-state index contributed by atoms with van der Waals surface area (Å²) < 4.78 is 0. The van der Waals surface area contributed by atoms with Crippen LogP contribution in [0.5, 0.6) is 0 Å². The van der Waals surface area contributed by atoms with E-state index in [1.165, 1.54) is 11.8 Å². The highest BCUT2D eigenvalue weighted by Crippen LogP contribution is 2.06. The first kappa shape index (κ1) is 28.7. The molecule has 0 aromatic carbocycles. The predicted octanol–water partition coefficient (Wildman–Crippen LogP) is -1.55. The summed E-state index contributed by atoms with van der Waals surface area (Å²) in [6.07, 6.45) is 3.53. The Labute approximate surface area is 188 Å². The zero-order valence-corrected chi connectivity index (χ0v) is 19.5. The van der Waals surface area contributed by atoms with E-state index in [0.29, 0.717) is 24.9 Å². The van der Waals surface area contributed by atoms with Crippen molar-refractivity contribution in [1.82, 2.24) is 16.0 Å². The molecule has 0 aliphatic heterocycles. The number of hydrogen-bond acceptors (Lipinski definition) is 7. The maximum absolute atomic E-state index is 12.9. The summed E-state index contributed by atoms with van der Waals surface area (Å²) in [5, 5.41) is 7.88. The van der Waals surface area contributed by atoms with E-state index in [2.05, 4.69) is 20.9 Å². The lowest BCUT2D eigenvalue weighted by Gasteiger charge is -2.25. The number of thioether (sulfide) groups is 1. The highest BCUT2D eigenvalue weighted by molar-refractivity contribution is 7.98. The number of nitrogens with zero attached hydrogens (tertiary/aromatic N) is 1. The largest absolute Gasteiger partial charge is 0.370 e. The van der Waals surface area contributed by atoms with Gasteiger partial charge in [-0.05, 0) is 44.1 Å². The number of amides is 3. The zero-order valence-electron chi connectivity index (χ0n) is 18.7. The van der Waals surface area contributed by atoms with Crippen LogP contribution in [-0.2, 0) is 19.2 Å². The number of rotatable bonds is 15. The smallest absolute Gasteiger partial charge is 0.243 e. The van der Waals surface area contributed by atoms with Gasteiger partial charge in [0.1, 0.15) is 18.4 Å². The summed E-state index contributed by atoms with van der Waals surface area (Å²) in [7, 11) is 0. The number of nitrogens with one attached hydrogen (secondary N) is 3. The SMILES string of the molecule is CSCC[C@H](NC(=O)[C@H](CCCN=C(N)N)NC(=O)[C@@H](N)C(C)C)C(=O)N[C@@H](C)C=O. The van der Waals surface area contributed by atoms with Crippen LogP contribution in [0.3, 0.4) is 0 Å². The third-order valence-corrected chi connectivity index (χ3v) is 5.06. The topological polar surface area (TPSA) is 195 Å². The molecule has 31 heavy (non-hydrogen) atoms. The second-order valence-electron chi connectivity index (χ2n) is 7.56. The molecular weight excluding hydrogens is 422 g/mol. The Morgan fingerprint density at radius 1 is 0.968 bits per heavy atom. The fourth-order valence-electron chi connectivity index (χ4n) is 2.48. The molecule has 0 aromatic rings. The lowest BCUT2D eigenvalue weighted by molar-refractivity contribution is -0.133. The van der Waals surface area contributed by atoms with Crippen LogP contribution in [0.2, 0.25) is 0 Å². The lowest BCUT2D eigenvalue weighted by Crippen LogP contribution is -2.57. The fraction of sp³-hybridized carbons (Fsp3) is 0.737. The minimum absolute atomic E-state index is 0.0648. The van der Waals surface area contributed by atoms with Crippen molar-refractivity contribution in [1.29, 1.82) is 0 Å². The lowest BCUT2D eigenvalue weighted by atomic mass is 10.0. The van der Waals surface area contributed by atoms with Gasteiger partial charge in [0.25, 0.3) is 0 Å². The Bertz CT molecular complexity index is 626. The average Bonchev–Trinajstić information content (AvgIpc) is 2.71. The molecule has 11 nitrogen and oxygen atoms in total. The molecule has 0 aliphatic rings. The first-order chi connectivity index (χ1) is 14.5. The van der Waals surface area contributed by atoms with E-state index < -0.39 is 41.9 Å². The van der Waals surface area contributed by atoms with Gasteiger partial charge in [-0.3, -0.25) is 19.4 Å². The van der Waals surface area contributed by atoms with Crippen molar-refractivity contribution in [2.75, 3.05) is 18.6 Å². The van der Waals surface area contributed by atoms with Gasteiger partial charge in [-0.2, -0.15) is 11.8 Å². The monoisotopic (exact) mass is 459 g/mol. The predicted molar refractivity (Wildman–Crippen MR) is 123 cm³/mol. The van der Waals surface area contributed by atoms with Crippen LogP contribution < -0.4 is 33.2 Å². The zero-order chi connectivity index (χ0) is 24.0. The van der Waals surface area contributed by atoms with Crippen molar-refractivity contribution in [3.05, 3.63) is 0 Å². The number of aliphatic imine (C=N–C) groups is 1. The maximum atomic E-state index is 12.9. The Hall–Kier alpha value is -2.34. The molecular formula is C19H37N7O4S. The number of aldehydes is 1. The highest BCUT2D eigenvalue weighted by Gasteiger charge is 2.28. The van der Waals surface area contributed by atoms with E-state index in [1.807, 2.05) is 6.26 Å². The molecule has 4 atom stereocenters. The van der Waals surface area contributed by atoms with E-state index in [0.717, 1.165) is 0 Å². The second kappa shape index (κ2) is 15.5. The molecule has 9 N–H and O–H groups in total. The second-order valence-corrected chi connectivity index (χ2v) is 8.54. The van der Waals surface area contributed by atoms with E-state index in [9.17, 15) is 19.2 Å². The minimum atomic E-state index is -0.917. The molecule has 0 fully saturated rings. The summed E-state index contributed by atoms with van der Waals surface area (Å²) in [6, 6.07) is -3.23. The molecule has 0 rings (SSSR count). The van der Waals surface area contributed by atoms with Crippen molar-refractivity contribution in [2.24, 2.45) is 28.1 Å². The third kappa shape index (κ3) is 12.2. The Balaban J connectivity index is 5.34. The van der Waals surface area contributed by atoms with Crippen molar-refractivity contribution < 1.29 is 19.2 Å². The van der Waals surface area contributed by atoms with Crippen molar-refractivity contribution in [2.45, 2.75) is 64.2 Å². The summed E-state index contributed by atoms with van der Waals surface area (Å²) >= 11 is 1.52. The number of carbonyl (C=O) groups is 4. The van der Waals surface area contributed by atoms with Gasteiger partial charge in [-0.25, -0.2) is 0 Å². The van der Waals surface area contributed by atoms with Gasteiger partial charge in [-0.15, -0.1) is 0 Å².